The standard InChI is InChI=1S/C8H10O9/c9-2-6(13)16-5(12)1-4(11)8(15)17-7(14)3-10/h4,9-11H,1-3H2. The normalized spacial score (nSPS) is 11.5. The van der Waals surface area contributed by atoms with Gasteiger partial charge in [0.1, 0.15) is 13.2 Å². The van der Waals surface area contributed by atoms with E-state index in [9.17, 15) is 19.2 Å². The highest BCUT2D eigenvalue weighted by atomic mass is 16.6. The first-order chi connectivity index (χ1) is 7.90. The van der Waals surface area contributed by atoms with E-state index in [0.29, 0.717) is 0 Å². The number of hydrogen-bond donors (Lipinski definition) is 3. The molecule has 0 rings (SSSR count). The van der Waals surface area contributed by atoms with Crippen LogP contribution in [0.3, 0.4) is 0 Å². The second kappa shape index (κ2) is 7.44. The fourth-order valence-electron chi connectivity index (χ4n) is 0.655. The molecule has 0 saturated carbocycles. The summed E-state index contributed by atoms with van der Waals surface area (Å²) in [4.78, 5) is 42.5. The van der Waals surface area contributed by atoms with Gasteiger partial charge in [0.05, 0.1) is 6.42 Å². The zero-order chi connectivity index (χ0) is 13.4. The Kier molecular flexibility index (Phi) is 6.63. The highest BCUT2D eigenvalue weighted by Crippen LogP contribution is 1.98. The van der Waals surface area contributed by atoms with Crippen LogP contribution >= 0.6 is 0 Å². The molecule has 1 unspecified atom stereocenters. The molecule has 0 aromatic carbocycles. The molecule has 96 valence electrons. The number of carbonyl (C=O) groups excluding carboxylic acids is 4. The average Bonchev–Trinajstić information content (AvgIpc) is 2.28. The molecule has 0 fully saturated rings. The van der Waals surface area contributed by atoms with Crippen molar-refractivity contribution in [3.63, 3.8) is 0 Å². The molecule has 0 saturated heterocycles. The SMILES string of the molecule is O=C(CO)OC(=O)CC(O)C(=O)OC(=O)CO. The number of ether oxygens (including phenoxy) is 2. The molecular formula is C8H10O9. The topological polar surface area (TPSA) is 147 Å². The van der Waals surface area contributed by atoms with Crippen molar-refractivity contribution in [1.29, 1.82) is 0 Å². The first kappa shape index (κ1) is 15.2. The summed E-state index contributed by atoms with van der Waals surface area (Å²) in [5.74, 6) is -5.28. The van der Waals surface area contributed by atoms with Gasteiger partial charge in [-0.15, -0.1) is 0 Å². The molecule has 0 radical (unpaired) electrons. The van der Waals surface area contributed by atoms with Gasteiger partial charge in [-0.2, -0.15) is 0 Å². The maximum atomic E-state index is 10.9. The number of aliphatic hydroxyl groups is 3. The predicted octanol–water partition coefficient (Wildman–Crippen LogP) is -3.14. The third kappa shape index (κ3) is 6.35. The number of hydrogen-bond acceptors (Lipinski definition) is 9. The lowest BCUT2D eigenvalue weighted by molar-refractivity contribution is -0.173. The van der Waals surface area contributed by atoms with Crippen LogP contribution in [0.4, 0.5) is 0 Å². The van der Waals surface area contributed by atoms with Crippen LogP contribution in [0.2, 0.25) is 0 Å². The molecule has 9 heteroatoms. The summed E-state index contributed by atoms with van der Waals surface area (Å²) in [5, 5.41) is 25.5. The summed E-state index contributed by atoms with van der Waals surface area (Å²) in [7, 11) is 0. The van der Waals surface area contributed by atoms with Gasteiger partial charge in [0.25, 0.3) is 0 Å². The van der Waals surface area contributed by atoms with Crippen LogP contribution < -0.4 is 0 Å². The zero-order valence-corrected chi connectivity index (χ0v) is 8.49. The first-order valence-electron chi connectivity index (χ1n) is 4.28. The van der Waals surface area contributed by atoms with E-state index in [1.165, 1.54) is 0 Å². The fraction of sp³-hybridized carbons (Fsp3) is 0.500. The van der Waals surface area contributed by atoms with Gasteiger partial charge in [-0.25, -0.2) is 14.4 Å². The van der Waals surface area contributed by atoms with Crippen LogP contribution in [0.5, 0.6) is 0 Å². The number of rotatable bonds is 5. The molecule has 0 aromatic rings. The van der Waals surface area contributed by atoms with Crippen LogP contribution in [0.15, 0.2) is 0 Å². The minimum atomic E-state index is -2.01. The largest absolute Gasteiger partial charge is 0.391 e. The van der Waals surface area contributed by atoms with Crippen molar-refractivity contribution in [1.82, 2.24) is 0 Å². The van der Waals surface area contributed by atoms with Crippen LogP contribution in [-0.4, -0.2) is 58.5 Å². The van der Waals surface area contributed by atoms with Crippen molar-refractivity contribution >= 4 is 23.9 Å². The van der Waals surface area contributed by atoms with Gasteiger partial charge >= 0.3 is 23.9 Å². The lowest BCUT2D eigenvalue weighted by atomic mass is 10.2. The quantitative estimate of drug-likeness (QED) is 0.340. The van der Waals surface area contributed by atoms with E-state index in [-0.39, 0.29) is 0 Å². The first-order valence-corrected chi connectivity index (χ1v) is 4.28. The Labute approximate surface area is 94.5 Å². The maximum Gasteiger partial charge on any atom is 0.343 e. The Balaban J connectivity index is 4.11. The van der Waals surface area contributed by atoms with E-state index in [2.05, 4.69) is 9.47 Å². The van der Waals surface area contributed by atoms with Gasteiger partial charge in [-0.3, -0.25) is 4.79 Å². The van der Waals surface area contributed by atoms with Crippen molar-refractivity contribution in [2.45, 2.75) is 12.5 Å². The number of esters is 4. The third-order valence-electron chi connectivity index (χ3n) is 1.33. The Bertz CT molecular complexity index is 321. The lowest BCUT2D eigenvalue weighted by Gasteiger charge is -2.07. The summed E-state index contributed by atoms with van der Waals surface area (Å²) in [6.07, 6.45) is -2.94. The molecule has 0 bridgehead atoms. The number of aliphatic hydroxyl groups excluding tert-OH is 3. The summed E-state index contributed by atoms with van der Waals surface area (Å²) in [6, 6.07) is 0. The summed E-state index contributed by atoms with van der Waals surface area (Å²) < 4.78 is 7.80. The molecule has 17 heavy (non-hydrogen) atoms. The van der Waals surface area contributed by atoms with Crippen molar-refractivity contribution in [3.8, 4) is 0 Å². The van der Waals surface area contributed by atoms with Gasteiger partial charge in [0, 0.05) is 0 Å². The minimum absolute atomic E-state index is 0.927. The average molecular weight is 250 g/mol. The predicted molar refractivity (Wildman–Crippen MR) is 47.0 cm³/mol. The molecule has 0 amide bonds. The van der Waals surface area contributed by atoms with Gasteiger partial charge in [-0.1, -0.05) is 0 Å². The third-order valence-corrected chi connectivity index (χ3v) is 1.33. The lowest BCUT2D eigenvalue weighted by Crippen LogP contribution is -2.30. The molecule has 0 spiro atoms. The van der Waals surface area contributed by atoms with Gasteiger partial charge in [-0.05, 0) is 0 Å². The Morgan fingerprint density at radius 2 is 1.35 bits per heavy atom. The molecule has 9 nitrogen and oxygen atoms in total. The van der Waals surface area contributed by atoms with E-state index in [4.69, 9.17) is 15.3 Å². The smallest absolute Gasteiger partial charge is 0.343 e. The van der Waals surface area contributed by atoms with E-state index in [1.807, 2.05) is 0 Å². The van der Waals surface area contributed by atoms with Crippen LogP contribution in [0, 0.1) is 0 Å². The fourth-order valence-corrected chi connectivity index (χ4v) is 0.655. The van der Waals surface area contributed by atoms with E-state index in [1.54, 1.807) is 0 Å². The molecule has 0 aliphatic rings. The Morgan fingerprint density at radius 3 is 1.82 bits per heavy atom. The van der Waals surface area contributed by atoms with Crippen LogP contribution in [0.1, 0.15) is 6.42 Å². The Morgan fingerprint density at radius 1 is 0.882 bits per heavy atom. The molecule has 0 aliphatic heterocycles. The zero-order valence-electron chi connectivity index (χ0n) is 8.49. The van der Waals surface area contributed by atoms with Crippen LogP contribution in [-0.2, 0) is 28.7 Å². The van der Waals surface area contributed by atoms with Crippen molar-refractivity contribution in [2.75, 3.05) is 13.2 Å². The molecule has 0 aromatic heterocycles. The molecule has 0 aliphatic carbocycles. The van der Waals surface area contributed by atoms with Crippen molar-refractivity contribution in [3.05, 3.63) is 0 Å². The monoisotopic (exact) mass is 250 g/mol. The van der Waals surface area contributed by atoms with Crippen molar-refractivity contribution < 1.29 is 44.0 Å². The molecule has 0 heterocycles. The van der Waals surface area contributed by atoms with E-state index < -0.39 is 49.6 Å². The van der Waals surface area contributed by atoms with Gasteiger partial charge in [0.2, 0.25) is 0 Å². The maximum absolute atomic E-state index is 10.9. The van der Waals surface area contributed by atoms with E-state index in [0.717, 1.165) is 0 Å². The van der Waals surface area contributed by atoms with Crippen LogP contribution in [0.25, 0.3) is 0 Å². The molecular weight excluding hydrogens is 240 g/mol. The van der Waals surface area contributed by atoms with Gasteiger partial charge < -0.3 is 24.8 Å². The second-order valence-electron chi connectivity index (χ2n) is 2.68. The second-order valence-corrected chi connectivity index (χ2v) is 2.68. The molecule has 3 N–H and O–H groups in total. The summed E-state index contributed by atoms with van der Waals surface area (Å²) in [5.41, 5.74) is 0. The van der Waals surface area contributed by atoms with Gasteiger partial charge in [0.15, 0.2) is 6.10 Å². The summed E-state index contributed by atoms with van der Waals surface area (Å²) >= 11 is 0. The van der Waals surface area contributed by atoms with E-state index >= 15 is 0 Å². The summed E-state index contributed by atoms with van der Waals surface area (Å²) in [6.45, 7) is -2.10. The highest BCUT2D eigenvalue weighted by molar-refractivity contribution is 5.92. The molecule has 1 atom stereocenters. The minimum Gasteiger partial charge on any atom is -0.391 e. The number of carbonyl (C=O) groups is 4. The van der Waals surface area contributed by atoms with Crippen molar-refractivity contribution in [2.24, 2.45) is 0 Å². The highest BCUT2D eigenvalue weighted by Gasteiger charge is 2.24. The Hall–Kier alpha value is -1.84.